The number of hydrogen-bond acceptors (Lipinski definition) is 5. The number of pyridine rings is 1. The average molecular weight is 518 g/mol. The van der Waals surface area contributed by atoms with Crippen molar-refractivity contribution in [2.45, 2.75) is 20.8 Å². The van der Waals surface area contributed by atoms with Crippen molar-refractivity contribution < 1.29 is 18.7 Å². The number of carbonyl (C=O) groups is 2. The fraction of sp³-hybridized carbons (Fsp3) is 0.207. The molecule has 0 aliphatic rings. The SMILES string of the molecule is C=C(/C=C(/NC(=O)Nc1ccc(Oc2ccnc(C(=O)NC)c2)cc1)N(C)c1ccc(F)cc1)C(C)(C)C. The first kappa shape index (κ1) is 27.9. The Hall–Kier alpha value is -4.66. The van der Waals surface area contributed by atoms with E-state index in [4.69, 9.17) is 4.74 Å². The quantitative estimate of drug-likeness (QED) is 0.315. The van der Waals surface area contributed by atoms with Gasteiger partial charge in [0.25, 0.3) is 5.91 Å². The van der Waals surface area contributed by atoms with Crippen molar-refractivity contribution in [3.8, 4) is 11.5 Å². The smallest absolute Gasteiger partial charge is 0.324 e. The molecule has 9 heteroatoms. The Balaban J connectivity index is 1.71. The molecular formula is C29H32FN5O3. The second kappa shape index (κ2) is 12.1. The Kier molecular flexibility index (Phi) is 8.85. The molecule has 3 amide bonds. The molecule has 3 rings (SSSR count). The van der Waals surface area contributed by atoms with E-state index in [0.717, 1.165) is 5.57 Å². The van der Waals surface area contributed by atoms with Crippen LogP contribution in [0.15, 0.2) is 90.9 Å². The second-order valence-electron chi connectivity index (χ2n) is 9.50. The number of allylic oxidation sites excluding steroid dienone is 2. The maximum atomic E-state index is 13.4. The van der Waals surface area contributed by atoms with Gasteiger partial charge in [-0.05, 0) is 71.7 Å². The van der Waals surface area contributed by atoms with Gasteiger partial charge < -0.3 is 20.3 Å². The Labute approximate surface area is 222 Å². The summed E-state index contributed by atoms with van der Waals surface area (Å²) >= 11 is 0. The van der Waals surface area contributed by atoms with Crippen molar-refractivity contribution in [3.63, 3.8) is 0 Å². The Morgan fingerprint density at radius 1 is 1.03 bits per heavy atom. The molecule has 0 saturated carbocycles. The first-order valence-electron chi connectivity index (χ1n) is 11.9. The van der Waals surface area contributed by atoms with E-state index in [1.165, 1.54) is 31.4 Å². The fourth-order valence-electron chi connectivity index (χ4n) is 3.15. The fourth-order valence-corrected chi connectivity index (χ4v) is 3.15. The molecule has 0 fully saturated rings. The minimum atomic E-state index is -0.468. The molecule has 0 unspecified atom stereocenters. The predicted molar refractivity (Wildman–Crippen MR) is 148 cm³/mol. The van der Waals surface area contributed by atoms with Gasteiger partial charge in [0.05, 0.1) is 0 Å². The van der Waals surface area contributed by atoms with Crippen LogP contribution in [0, 0.1) is 11.2 Å². The number of benzene rings is 2. The van der Waals surface area contributed by atoms with Crippen molar-refractivity contribution in [3.05, 3.63) is 102 Å². The maximum absolute atomic E-state index is 13.4. The van der Waals surface area contributed by atoms with Crippen LogP contribution in [0.2, 0.25) is 0 Å². The molecule has 0 aliphatic heterocycles. The second-order valence-corrected chi connectivity index (χ2v) is 9.50. The molecule has 1 heterocycles. The van der Waals surface area contributed by atoms with Crippen LogP contribution in [0.1, 0.15) is 31.3 Å². The molecule has 0 saturated heterocycles. The summed E-state index contributed by atoms with van der Waals surface area (Å²) in [6.45, 7) is 10.2. The number of amides is 3. The van der Waals surface area contributed by atoms with Crippen LogP contribution >= 0.6 is 0 Å². The largest absolute Gasteiger partial charge is 0.457 e. The summed E-state index contributed by atoms with van der Waals surface area (Å²) in [4.78, 5) is 30.4. The number of carbonyl (C=O) groups excluding carboxylic acids is 2. The van der Waals surface area contributed by atoms with Gasteiger partial charge in [-0.3, -0.25) is 15.1 Å². The zero-order valence-corrected chi connectivity index (χ0v) is 22.1. The van der Waals surface area contributed by atoms with Crippen molar-refractivity contribution in [1.82, 2.24) is 15.6 Å². The van der Waals surface area contributed by atoms with Gasteiger partial charge in [-0.2, -0.15) is 0 Å². The predicted octanol–water partition coefficient (Wildman–Crippen LogP) is 6.07. The monoisotopic (exact) mass is 517 g/mol. The molecule has 8 nitrogen and oxygen atoms in total. The van der Waals surface area contributed by atoms with E-state index in [1.807, 2.05) is 20.8 Å². The number of halogens is 1. The van der Waals surface area contributed by atoms with Crippen LogP contribution in [-0.4, -0.2) is 31.0 Å². The minimum Gasteiger partial charge on any atom is -0.457 e. The molecular weight excluding hydrogens is 485 g/mol. The van der Waals surface area contributed by atoms with E-state index >= 15 is 0 Å². The summed E-state index contributed by atoms with van der Waals surface area (Å²) in [7, 11) is 3.30. The third kappa shape index (κ3) is 7.67. The lowest BCUT2D eigenvalue weighted by atomic mass is 9.87. The molecule has 198 valence electrons. The normalized spacial score (nSPS) is 11.4. The first-order valence-corrected chi connectivity index (χ1v) is 11.9. The van der Waals surface area contributed by atoms with Crippen molar-refractivity contribution in [2.24, 2.45) is 5.41 Å². The lowest BCUT2D eigenvalue weighted by Crippen LogP contribution is -2.36. The molecule has 0 atom stereocenters. The summed E-state index contributed by atoms with van der Waals surface area (Å²) in [6.07, 6.45) is 3.28. The maximum Gasteiger partial charge on any atom is 0.324 e. The van der Waals surface area contributed by atoms with Gasteiger partial charge in [0.2, 0.25) is 0 Å². The molecule has 3 aromatic rings. The summed E-state index contributed by atoms with van der Waals surface area (Å²) in [6, 6.07) is 15.4. The van der Waals surface area contributed by atoms with Gasteiger partial charge >= 0.3 is 6.03 Å². The number of nitrogens with one attached hydrogen (secondary N) is 3. The molecule has 0 radical (unpaired) electrons. The van der Waals surface area contributed by atoms with E-state index in [-0.39, 0.29) is 22.8 Å². The van der Waals surface area contributed by atoms with Crippen LogP contribution in [-0.2, 0) is 0 Å². The average Bonchev–Trinajstić information content (AvgIpc) is 2.88. The van der Waals surface area contributed by atoms with Gasteiger partial charge in [0.15, 0.2) is 0 Å². The number of anilines is 2. The van der Waals surface area contributed by atoms with Gasteiger partial charge in [-0.25, -0.2) is 9.18 Å². The van der Waals surface area contributed by atoms with Crippen molar-refractivity contribution >= 4 is 23.3 Å². The summed E-state index contributed by atoms with van der Waals surface area (Å²) in [5, 5.41) is 8.18. The van der Waals surface area contributed by atoms with E-state index in [9.17, 15) is 14.0 Å². The highest BCUT2D eigenvalue weighted by molar-refractivity contribution is 5.92. The summed E-state index contributed by atoms with van der Waals surface area (Å²) in [5.74, 6) is 0.780. The van der Waals surface area contributed by atoms with Crippen LogP contribution < -0.4 is 25.6 Å². The molecule has 3 N–H and O–H groups in total. The topological polar surface area (TPSA) is 95.6 Å². The molecule has 0 aliphatic carbocycles. The van der Waals surface area contributed by atoms with E-state index in [1.54, 1.807) is 60.5 Å². The third-order valence-electron chi connectivity index (χ3n) is 5.63. The van der Waals surface area contributed by atoms with Crippen LogP contribution in [0.5, 0.6) is 11.5 Å². The first-order chi connectivity index (χ1) is 18.0. The van der Waals surface area contributed by atoms with Crippen LogP contribution in [0.3, 0.4) is 0 Å². The number of rotatable bonds is 8. The van der Waals surface area contributed by atoms with Gasteiger partial charge in [-0.1, -0.05) is 27.4 Å². The zero-order valence-electron chi connectivity index (χ0n) is 22.1. The highest BCUT2D eigenvalue weighted by atomic mass is 19.1. The number of aromatic nitrogens is 1. The molecule has 0 spiro atoms. The molecule has 38 heavy (non-hydrogen) atoms. The van der Waals surface area contributed by atoms with E-state index < -0.39 is 6.03 Å². The zero-order chi connectivity index (χ0) is 27.9. The van der Waals surface area contributed by atoms with Crippen molar-refractivity contribution in [1.29, 1.82) is 0 Å². The minimum absolute atomic E-state index is 0.223. The summed E-state index contributed by atoms with van der Waals surface area (Å²) in [5.41, 5.74) is 2.05. The van der Waals surface area contributed by atoms with E-state index in [0.29, 0.717) is 28.7 Å². The Morgan fingerprint density at radius 3 is 2.29 bits per heavy atom. The lowest BCUT2D eigenvalue weighted by Gasteiger charge is -2.26. The van der Waals surface area contributed by atoms with Crippen LogP contribution in [0.25, 0.3) is 0 Å². The Bertz CT molecular complexity index is 1330. The van der Waals surface area contributed by atoms with E-state index in [2.05, 4.69) is 27.5 Å². The third-order valence-corrected chi connectivity index (χ3v) is 5.63. The van der Waals surface area contributed by atoms with Gasteiger partial charge in [0.1, 0.15) is 28.8 Å². The molecule has 0 bridgehead atoms. The summed E-state index contributed by atoms with van der Waals surface area (Å²) < 4.78 is 19.2. The van der Waals surface area contributed by atoms with Crippen LogP contribution in [0.4, 0.5) is 20.6 Å². The standard InChI is InChI=1S/C29H32FN5O3/c1-19(29(2,3)4)17-26(35(6)22-11-7-20(30)8-12-22)34-28(37)33-21-9-13-23(14-10-21)38-24-15-16-32-25(18-24)27(36)31-5/h7-18H,1H2,2-6H3,(H,31,36)(H2,33,34,37)/b26-17-. The highest BCUT2D eigenvalue weighted by Gasteiger charge is 2.17. The number of ether oxygens (including phenoxy) is 1. The molecule has 1 aromatic heterocycles. The number of hydrogen-bond donors (Lipinski definition) is 3. The number of nitrogens with zero attached hydrogens (tertiary/aromatic N) is 2. The number of urea groups is 1. The van der Waals surface area contributed by atoms with Crippen molar-refractivity contribution in [2.75, 3.05) is 24.3 Å². The lowest BCUT2D eigenvalue weighted by molar-refractivity contribution is 0.0957. The highest BCUT2D eigenvalue weighted by Crippen LogP contribution is 2.27. The Morgan fingerprint density at radius 2 is 1.68 bits per heavy atom. The molecule has 2 aromatic carbocycles. The van der Waals surface area contributed by atoms with Gasteiger partial charge in [-0.15, -0.1) is 0 Å². The van der Waals surface area contributed by atoms with Gasteiger partial charge in [0, 0.05) is 37.7 Å².